The summed E-state index contributed by atoms with van der Waals surface area (Å²) in [5, 5.41) is 13.0. The van der Waals surface area contributed by atoms with Gasteiger partial charge in [-0.15, -0.1) is 11.3 Å². The third-order valence-corrected chi connectivity index (χ3v) is 5.93. The number of thiophene rings is 1. The molecule has 2 aromatic heterocycles. The normalized spacial score (nSPS) is 13.3. The minimum Gasteiger partial charge on any atom is -0.480 e. The summed E-state index contributed by atoms with van der Waals surface area (Å²) in [6.07, 6.45) is 2.76. The number of aliphatic carboxylic acids is 1. The van der Waals surface area contributed by atoms with Gasteiger partial charge in [0.15, 0.2) is 0 Å². The first-order valence-corrected chi connectivity index (χ1v) is 8.38. The van der Waals surface area contributed by atoms with Gasteiger partial charge in [0, 0.05) is 18.8 Å². The van der Waals surface area contributed by atoms with Crippen LogP contribution in [0.5, 0.6) is 0 Å². The standard InChI is InChI=1S/C10H10BrN3O4S2/c1-14-5-6(4-12-14)9(10(15)16)13-20(17,18)8-3-2-7(11)19-8/h2-5,9,13H,1H3,(H,15,16). The third-order valence-electron chi connectivity index (χ3n) is 2.39. The molecular weight excluding hydrogens is 370 g/mol. The van der Waals surface area contributed by atoms with Gasteiger partial charge >= 0.3 is 5.97 Å². The van der Waals surface area contributed by atoms with Gasteiger partial charge in [-0.3, -0.25) is 9.48 Å². The molecule has 0 aliphatic rings. The molecule has 0 saturated carbocycles. The first kappa shape index (κ1) is 15.2. The van der Waals surface area contributed by atoms with Gasteiger partial charge in [-0.1, -0.05) is 0 Å². The molecule has 0 fully saturated rings. The maximum Gasteiger partial charge on any atom is 0.326 e. The lowest BCUT2D eigenvalue weighted by Gasteiger charge is -2.12. The number of sulfonamides is 1. The van der Waals surface area contributed by atoms with E-state index < -0.39 is 22.0 Å². The van der Waals surface area contributed by atoms with Crippen molar-refractivity contribution in [1.29, 1.82) is 0 Å². The molecule has 0 saturated heterocycles. The van der Waals surface area contributed by atoms with Gasteiger partial charge in [-0.2, -0.15) is 9.82 Å². The van der Waals surface area contributed by atoms with Crippen molar-refractivity contribution in [2.75, 3.05) is 0 Å². The van der Waals surface area contributed by atoms with Crippen LogP contribution in [0.2, 0.25) is 0 Å². The fourth-order valence-electron chi connectivity index (χ4n) is 1.51. The molecule has 10 heteroatoms. The van der Waals surface area contributed by atoms with E-state index in [4.69, 9.17) is 0 Å². The number of rotatable bonds is 5. The Morgan fingerprint density at radius 1 is 1.55 bits per heavy atom. The van der Waals surface area contributed by atoms with Crippen LogP contribution in [-0.4, -0.2) is 29.3 Å². The molecule has 2 N–H and O–H groups in total. The highest BCUT2D eigenvalue weighted by atomic mass is 79.9. The fourth-order valence-corrected chi connectivity index (χ4v) is 4.71. The van der Waals surface area contributed by atoms with Crippen LogP contribution in [0.15, 0.2) is 32.5 Å². The molecule has 0 aliphatic carbocycles. The number of carbonyl (C=O) groups is 1. The zero-order valence-corrected chi connectivity index (χ0v) is 13.4. The molecule has 20 heavy (non-hydrogen) atoms. The second-order valence-electron chi connectivity index (χ2n) is 3.90. The van der Waals surface area contributed by atoms with Gasteiger partial charge < -0.3 is 5.11 Å². The zero-order chi connectivity index (χ0) is 14.9. The van der Waals surface area contributed by atoms with Gasteiger partial charge in [-0.05, 0) is 28.1 Å². The van der Waals surface area contributed by atoms with Crippen LogP contribution in [0.4, 0.5) is 0 Å². The van der Waals surface area contributed by atoms with Crippen LogP contribution in [0.25, 0.3) is 0 Å². The molecule has 2 heterocycles. The molecule has 2 aromatic rings. The number of halogens is 1. The number of aromatic nitrogens is 2. The van der Waals surface area contributed by atoms with Gasteiger partial charge in [0.2, 0.25) is 0 Å². The van der Waals surface area contributed by atoms with Crippen LogP contribution in [0.1, 0.15) is 11.6 Å². The van der Waals surface area contributed by atoms with E-state index in [9.17, 15) is 18.3 Å². The zero-order valence-electron chi connectivity index (χ0n) is 10.1. The molecule has 0 spiro atoms. The average molecular weight is 380 g/mol. The van der Waals surface area contributed by atoms with Crippen molar-refractivity contribution in [3.63, 3.8) is 0 Å². The summed E-state index contributed by atoms with van der Waals surface area (Å²) in [5.41, 5.74) is 0.263. The summed E-state index contributed by atoms with van der Waals surface area (Å²) in [6.45, 7) is 0. The topological polar surface area (TPSA) is 101 Å². The number of hydrogen-bond acceptors (Lipinski definition) is 5. The Balaban J connectivity index is 2.31. The van der Waals surface area contributed by atoms with Crippen LogP contribution in [0.3, 0.4) is 0 Å². The monoisotopic (exact) mass is 379 g/mol. The Labute approximate surface area is 127 Å². The number of nitrogens with zero attached hydrogens (tertiary/aromatic N) is 2. The number of aryl methyl sites for hydroxylation is 1. The number of carboxylic acids is 1. The van der Waals surface area contributed by atoms with Crippen molar-refractivity contribution < 1.29 is 18.3 Å². The van der Waals surface area contributed by atoms with E-state index >= 15 is 0 Å². The van der Waals surface area contributed by atoms with Crippen molar-refractivity contribution in [1.82, 2.24) is 14.5 Å². The molecular formula is C10H10BrN3O4S2. The van der Waals surface area contributed by atoms with E-state index in [2.05, 4.69) is 25.8 Å². The van der Waals surface area contributed by atoms with Crippen molar-refractivity contribution >= 4 is 43.3 Å². The summed E-state index contributed by atoms with van der Waals surface area (Å²) in [5.74, 6) is -1.29. The van der Waals surface area contributed by atoms with Crippen LogP contribution < -0.4 is 4.72 Å². The van der Waals surface area contributed by atoms with E-state index in [1.165, 1.54) is 23.1 Å². The van der Waals surface area contributed by atoms with Gasteiger partial charge in [0.25, 0.3) is 10.0 Å². The predicted molar refractivity (Wildman–Crippen MR) is 75.9 cm³/mol. The molecule has 1 atom stereocenters. The van der Waals surface area contributed by atoms with E-state index in [1.54, 1.807) is 13.1 Å². The number of carboxylic acid groups (broad SMARTS) is 1. The molecule has 7 nitrogen and oxygen atoms in total. The second kappa shape index (κ2) is 5.64. The number of hydrogen-bond donors (Lipinski definition) is 2. The van der Waals surface area contributed by atoms with Crippen molar-refractivity contribution in [2.45, 2.75) is 10.3 Å². The summed E-state index contributed by atoms with van der Waals surface area (Å²) in [4.78, 5) is 11.3. The van der Waals surface area contributed by atoms with Gasteiger partial charge in [0.05, 0.1) is 9.98 Å². The van der Waals surface area contributed by atoms with Gasteiger partial charge in [0.1, 0.15) is 10.3 Å². The predicted octanol–water partition coefficient (Wildman–Crippen LogP) is 1.35. The maximum atomic E-state index is 12.1. The summed E-state index contributed by atoms with van der Waals surface area (Å²) >= 11 is 4.17. The lowest BCUT2D eigenvalue weighted by atomic mass is 10.2. The highest BCUT2D eigenvalue weighted by Gasteiger charge is 2.28. The lowest BCUT2D eigenvalue weighted by molar-refractivity contribution is -0.139. The highest BCUT2D eigenvalue weighted by Crippen LogP contribution is 2.27. The Hall–Kier alpha value is -1.23. The van der Waals surface area contributed by atoms with Crippen molar-refractivity contribution in [3.8, 4) is 0 Å². The molecule has 2 rings (SSSR count). The Bertz CT molecular complexity index is 737. The minimum atomic E-state index is -3.90. The SMILES string of the molecule is Cn1cc(C(NS(=O)(=O)c2ccc(Br)s2)C(=O)O)cn1. The first-order valence-electron chi connectivity index (χ1n) is 5.28. The summed E-state index contributed by atoms with van der Waals surface area (Å²) in [7, 11) is -2.28. The smallest absolute Gasteiger partial charge is 0.326 e. The van der Waals surface area contributed by atoms with Crippen molar-refractivity contribution in [2.24, 2.45) is 7.05 Å². The fraction of sp³-hybridized carbons (Fsp3) is 0.200. The molecule has 0 aromatic carbocycles. The molecule has 1 unspecified atom stereocenters. The van der Waals surface area contributed by atoms with E-state index in [-0.39, 0.29) is 9.77 Å². The third kappa shape index (κ3) is 3.26. The van der Waals surface area contributed by atoms with E-state index in [0.29, 0.717) is 3.79 Å². The highest BCUT2D eigenvalue weighted by molar-refractivity contribution is 9.11. The number of nitrogens with one attached hydrogen (secondary N) is 1. The van der Waals surface area contributed by atoms with Crippen LogP contribution >= 0.6 is 27.3 Å². The van der Waals surface area contributed by atoms with Crippen LogP contribution in [-0.2, 0) is 21.9 Å². The van der Waals surface area contributed by atoms with Crippen LogP contribution in [0, 0.1) is 0 Å². The minimum absolute atomic E-state index is 0.0412. The Kier molecular flexibility index (Phi) is 4.28. The maximum absolute atomic E-state index is 12.1. The lowest BCUT2D eigenvalue weighted by Crippen LogP contribution is -2.33. The molecule has 0 radical (unpaired) electrons. The summed E-state index contributed by atoms with van der Waals surface area (Å²) in [6, 6.07) is 1.60. The molecule has 0 amide bonds. The first-order chi connectivity index (χ1) is 9.29. The van der Waals surface area contributed by atoms with E-state index in [0.717, 1.165) is 11.3 Å². The quantitative estimate of drug-likeness (QED) is 0.816. The Morgan fingerprint density at radius 3 is 2.70 bits per heavy atom. The largest absolute Gasteiger partial charge is 0.480 e. The second-order valence-corrected chi connectivity index (χ2v) is 8.30. The van der Waals surface area contributed by atoms with Crippen molar-refractivity contribution in [3.05, 3.63) is 33.9 Å². The van der Waals surface area contributed by atoms with Gasteiger partial charge in [-0.25, -0.2) is 8.42 Å². The van der Waals surface area contributed by atoms with E-state index in [1.807, 2.05) is 0 Å². The molecule has 0 aliphatic heterocycles. The average Bonchev–Trinajstić information content (AvgIpc) is 2.95. The molecule has 0 bridgehead atoms. The molecule has 108 valence electrons. The Morgan fingerprint density at radius 2 is 2.25 bits per heavy atom. The summed E-state index contributed by atoms with van der Waals surface area (Å²) < 4.78 is 28.5.